The molecule has 0 amide bonds. The minimum Gasteiger partial charge on any atom is -0.330 e. The first-order chi connectivity index (χ1) is 5.41. The Balaban J connectivity index is 0. The van der Waals surface area contributed by atoms with Crippen LogP contribution in [-0.2, 0) is 0 Å². The highest BCUT2D eigenvalue weighted by atomic mass is 35.5. The van der Waals surface area contributed by atoms with Crippen LogP contribution in [0.5, 0.6) is 0 Å². The summed E-state index contributed by atoms with van der Waals surface area (Å²) in [7, 11) is 0. The highest BCUT2D eigenvalue weighted by molar-refractivity contribution is 5.85. The Morgan fingerprint density at radius 1 is 0.917 bits per heavy atom. The van der Waals surface area contributed by atoms with Gasteiger partial charge in [-0.1, -0.05) is 49.7 Å². The van der Waals surface area contributed by atoms with Crippen molar-refractivity contribution in [2.45, 2.75) is 19.8 Å². The van der Waals surface area contributed by atoms with Crippen molar-refractivity contribution >= 4 is 12.4 Å². The molecule has 1 nitrogen and oxygen atoms in total. The van der Waals surface area contributed by atoms with Crippen molar-refractivity contribution in [2.75, 3.05) is 6.54 Å². The monoisotopic (exact) mass is 187 g/mol. The van der Waals surface area contributed by atoms with Crippen LogP contribution in [0, 0.1) is 0 Å². The zero-order chi connectivity index (χ0) is 8.36. The second-order valence-electron chi connectivity index (χ2n) is 2.30. The molecule has 0 fully saturated rings. The van der Waals surface area contributed by atoms with Gasteiger partial charge in [0.05, 0.1) is 0 Å². The first-order valence-electron chi connectivity index (χ1n) is 4.12. The molecule has 0 saturated carbocycles. The molecule has 0 heterocycles. The average Bonchev–Trinajstić information content (AvgIpc) is 2.10. The van der Waals surface area contributed by atoms with Crippen LogP contribution in [0.3, 0.4) is 0 Å². The molecule has 0 aromatic heterocycles. The Kier molecular flexibility index (Phi) is 15.3. The second-order valence-corrected chi connectivity index (χ2v) is 2.30. The number of hydrogen-bond donors (Lipinski definition) is 1. The van der Waals surface area contributed by atoms with E-state index in [-0.39, 0.29) is 12.4 Å². The lowest BCUT2D eigenvalue weighted by Gasteiger charge is -1.80. The minimum absolute atomic E-state index is 0. The van der Waals surface area contributed by atoms with Gasteiger partial charge in [0, 0.05) is 0 Å². The standard InChI is InChI=1S/C6H6.C4H11N.ClH/c1-2-4-6-5-3-1;1-2-3-4-5;/h1-6H;2-5H2,1H3;1H. The molecule has 0 spiro atoms. The molecule has 2 heteroatoms. The first kappa shape index (κ1) is 14.0. The van der Waals surface area contributed by atoms with E-state index >= 15 is 0 Å². The normalized spacial score (nSPS) is 7.50. The molecule has 0 aliphatic heterocycles. The number of unbranched alkanes of at least 4 members (excludes halogenated alkanes) is 1. The fraction of sp³-hybridized carbons (Fsp3) is 0.400. The van der Waals surface area contributed by atoms with Gasteiger partial charge in [-0.15, -0.1) is 12.4 Å². The van der Waals surface area contributed by atoms with Gasteiger partial charge < -0.3 is 5.73 Å². The van der Waals surface area contributed by atoms with E-state index in [1.54, 1.807) is 0 Å². The molecule has 0 unspecified atom stereocenters. The topological polar surface area (TPSA) is 26.0 Å². The molecule has 0 aliphatic rings. The van der Waals surface area contributed by atoms with E-state index in [2.05, 4.69) is 6.92 Å². The van der Waals surface area contributed by atoms with Gasteiger partial charge in [-0.05, 0) is 13.0 Å². The van der Waals surface area contributed by atoms with Gasteiger partial charge in [0.1, 0.15) is 0 Å². The van der Waals surface area contributed by atoms with E-state index in [9.17, 15) is 0 Å². The number of rotatable bonds is 2. The summed E-state index contributed by atoms with van der Waals surface area (Å²) in [5.41, 5.74) is 5.14. The van der Waals surface area contributed by atoms with Crippen LogP contribution in [0.1, 0.15) is 19.8 Å². The Hall–Kier alpha value is -0.530. The lowest BCUT2D eigenvalue weighted by molar-refractivity contribution is 0.807. The lowest BCUT2D eigenvalue weighted by Crippen LogP contribution is -1.95. The fourth-order valence-corrected chi connectivity index (χ4v) is 0.589. The van der Waals surface area contributed by atoms with Gasteiger partial charge in [0.2, 0.25) is 0 Å². The maximum atomic E-state index is 5.14. The van der Waals surface area contributed by atoms with Crippen molar-refractivity contribution in [3.8, 4) is 0 Å². The van der Waals surface area contributed by atoms with Crippen LogP contribution >= 0.6 is 12.4 Å². The minimum atomic E-state index is 0. The smallest absolute Gasteiger partial charge is 0.00774 e. The van der Waals surface area contributed by atoms with Gasteiger partial charge in [-0.3, -0.25) is 0 Å². The van der Waals surface area contributed by atoms with Crippen LogP contribution in [0.4, 0.5) is 0 Å². The average molecular weight is 188 g/mol. The van der Waals surface area contributed by atoms with E-state index in [4.69, 9.17) is 5.73 Å². The molecule has 1 aromatic carbocycles. The molecule has 70 valence electrons. The summed E-state index contributed by atoms with van der Waals surface area (Å²) < 4.78 is 0. The fourth-order valence-electron chi connectivity index (χ4n) is 0.589. The van der Waals surface area contributed by atoms with Crippen molar-refractivity contribution in [3.05, 3.63) is 36.4 Å². The molecule has 1 aromatic rings. The molecule has 1 rings (SSSR count). The third-order valence-electron chi connectivity index (χ3n) is 1.22. The SMILES string of the molecule is CCCCN.Cl.c1ccccc1. The van der Waals surface area contributed by atoms with E-state index in [0.29, 0.717) is 0 Å². The van der Waals surface area contributed by atoms with Gasteiger partial charge in [0.25, 0.3) is 0 Å². The van der Waals surface area contributed by atoms with Crippen molar-refractivity contribution in [1.82, 2.24) is 0 Å². The highest BCUT2D eigenvalue weighted by Crippen LogP contribution is 1.79. The molecular formula is C10H18ClN. The summed E-state index contributed by atoms with van der Waals surface area (Å²) in [5, 5.41) is 0. The second kappa shape index (κ2) is 13.1. The summed E-state index contributed by atoms with van der Waals surface area (Å²) in [6.07, 6.45) is 2.39. The third-order valence-corrected chi connectivity index (χ3v) is 1.22. The van der Waals surface area contributed by atoms with Gasteiger partial charge in [-0.25, -0.2) is 0 Å². The zero-order valence-electron chi connectivity index (χ0n) is 7.57. The molecule has 0 bridgehead atoms. The number of halogens is 1. The third kappa shape index (κ3) is 12.2. The number of hydrogen-bond acceptors (Lipinski definition) is 1. The molecule has 12 heavy (non-hydrogen) atoms. The van der Waals surface area contributed by atoms with Gasteiger partial charge in [-0.2, -0.15) is 0 Å². The van der Waals surface area contributed by atoms with Crippen LogP contribution < -0.4 is 5.73 Å². The molecular weight excluding hydrogens is 170 g/mol. The zero-order valence-corrected chi connectivity index (χ0v) is 8.39. The van der Waals surface area contributed by atoms with E-state index < -0.39 is 0 Å². The largest absolute Gasteiger partial charge is 0.330 e. The Bertz CT molecular complexity index is 113. The molecule has 0 aliphatic carbocycles. The summed E-state index contributed by atoms with van der Waals surface area (Å²) >= 11 is 0. The van der Waals surface area contributed by atoms with Crippen LogP contribution in [-0.4, -0.2) is 6.54 Å². The maximum Gasteiger partial charge on any atom is -0.00774 e. The quantitative estimate of drug-likeness (QED) is 0.757. The molecule has 2 N–H and O–H groups in total. The number of nitrogens with two attached hydrogens (primary N) is 1. The van der Waals surface area contributed by atoms with Crippen molar-refractivity contribution in [2.24, 2.45) is 5.73 Å². The van der Waals surface area contributed by atoms with Gasteiger partial charge >= 0.3 is 0 Å². The summed E-state index contributed by atoms with van der Waals surface area (Å²) in [6.45, 7) is 2.98. The Labute approximate surface area is 81.4 Å². The summed E-state index contributed by atoms with van der Waals surface area (Å²) in [6, 6.07) is 12.0. The number of benzene rings is 1. The predicted octanol–water partition coefficient (Wildman–Crippen LogP) is 2.85. The van der Waals surface area contributed by atoms with Crippen molar-refractivity contribution in [3.63, 3.8) is 0 Å². The van der Waals surface area contributed by atoms with E-state index in [1.165, 1.54) is 12.8 Å². The maximum absolute atomic E-state index is 5.14. The van der Waals surface area contributed by atoms with Crippen molar-refractivity contribution < 1.29 is 0 Å². The van der Waals surface area contributed by atoms with Crippen LogP contribution in [0.15, 0.2) is 36.4 Å². The van der Waals surface area contributed by atoms with E-state index in [0.717, 1.165) is 6.54 Å². The Morgan fingerprint density at radius 3 is 1.33 bits per heavy atom. The van der Waals surface area contributed by atoms with E-state index in [1.807, 2.05) is 36.4 Å². The lowest BCUT2D eigenvalue weighted by atomic mass is 10.3. The molecule has 0 radical (unpaired) electrons. The summed E-state index contributed by atoms with van der Waals surface area (Å²) in [5.74, 6) is 0. The van der Waals surface area contributed by atoms with Crippen LogP contribution in [0.2, 0.25) is 0 Å². The van der Waals surface area contributed by atoms with Crippen LogP contribution in [0.25, 0.3) is 0 Å². The highest BCUT2D eigenvalue weighted by Gasteiger charge is 1.67. The van der Waals surface area contributed by atoms with Crippen molar-refractivity contribution in [1.29, 1.82) is 0 Å². The first-order valence-corrected chi connectivity index (χ1v) is 4.12. The molecule has 0 saturated heterocycles. The van der Waals surface area contributed by atoms with Gasteiger partial charge in [0.15, 0.2) is 0 Å². The predicted molar refractivity (Wildman–Crippen MR) is 57.7 cm³/mol. The molecule has 0 atom stereocenters. The Morgan fingerprint density at radius 2 is 1.25 bits per heavy atom. The summed E-state index contributed by atoms with van der Waals surface area (Å²) in [4.78, 5) is 0.